The van der Waals surface area contributed by atoms with Crippen molar-refractivity contribution in [2.45, 2.75) is 70.4 Å². The molecule has 0 unspecified atom stereocenters. The summed E-state index contributed by atoms with van der Waals surface area (Å²) in [7, 11) is 0. The number of ether oxygens (including phenoxy) is 2. The van der Waals surface area contributed by atoms with Crippen LogP contribution in [0, 0.1) is 6.92 Å². The summed E-state index contributed by atoms with van der Waals surface area (Å²) >= 11 is 0. The van der Waals surface area contributed by atoms with Gasteiger partial charge in [-0.2, -0.15) is 0 Å². The Morgan fingerprint density at radius 1 is 1.11 bits per heavy atom. The van der Waals surface area contributed by atoms with Crippen LogP contribution < -0.4 is 10.2 Å². The maximum atomic E-state index is 12.2. The molecule has 0 bridgehead atoms. The summed E-state index contributed by atoms with van der Waals surface area (Å²) in [4.78, 5) is 24.0. The molecule has 0 spiro atoms. The number of carbonyl (C=O) groups is 1. The predicted octanol–water partition coefficient (Wildman–Crippen LogP) is 2.54. The maximum Gasteiger partial charge on any atom is 0.407 e. The van der Waals surface area contributed by atoms with Crippen molar-refractivity contribution in [1.29, 1.82) is 0 Å². The molecule has 1 amide bonds. The van der Waals surface area contributed by atoms with Crippen LogP contribution in [0.25, 0.3) is 0 Å². The van der Waals surface area contributed by atoms with Crippen LogP contribution in [0.15, 0.2) is 0 Å². The van der Waals surface area contributed by atoms with Gasteiger partial charge in [-0.1, -0.05) is 0 Å². The summed E-state index contributed by atoms with van der Waals surface area (Å²) < 4.78 is 10.8. The lowest BCUT2D eigenvalue weighted by Gasteiger charge is -2.35. The van der Waals surface area contributed by atoms with Crippen LogP contribution in [0.2, 0.25) is 0 Å². The van der Waals surface area contributed by atoms with Gasteiger partial charge in [0.25, 0.3) is 0 Å². The molecule has 2 saturated heterocycles. The van der Waals surface area contributed by atoms with Crippen LogP contribution in [0.4, 0.5) is 10.6 Å². The number of hydrogen-bond acceptors (Lipinski definition) is 6. The Hall–Kier alpha value is -1.89. The number of amides is 1. The van der Waals surface area contributed by atoms with Crippen molar-refractivity contribution in [3.8, 4) is 0 Å². The molecule has 148 valence electrons. The van der Waals surface area contributed by atoms with Gasteiger partial charge in [0.2, 0.25) is 0 Å². The van der Waals surface area contributed by atoms with E-state index in [4.69, 9.17) is 14.5 Å². The first-order valence-corrected chi connectivity index (χ1v) is 10.4. The second kappa shape index (κ2) is 8.42. The lowest BCUT2D eigenvalue weighted by atomic mass is 9.95. The third-order valence-corrected chi connectivity index (χ3v) is 5.83. The van der Waals surface area contributed by atoms with Gasteiger partial charge in [-0.05, 0) is 45.4 Å². The highest BCUT2D eigenvalue weighted by atomic mass is 16.6. The van der Waals surface area contributed by atoms with Gasteiger partial charge in [0.1, 0.15) is 17.7 Å². The van der Waals surface area contributed by atoms with Crippen molar-refractivity contribution in [3.63, 3.8) is 0 Å². The molecule has 27 heavy (non-hydrogen) atoms. The highest BCUT2D eigenvalue weighted by Crippen LogP contribution is 2.29. The molecule has 0 radical (unpaired) electrons. The van der Waals surface area contributed by atoms with Crippen LogP contribution in [0.1, 0.15) is 55.6 Å². The Morgan fingerprint density at radius 2 is 1.85 bits per heavy atom. The second-order valence-electron chi connectivity index (χ2n) is 7.85. The van der Waals surface area contributed by atoms with Gasteiger partial charge in [-0.15, -0.1) is 0 Å². The van der Waals surface area contributed by atoms with E-state index in [9.17, 15) is 4.79 Å². The molecule has 3 aliphatic rings. The Morgan fingerprint density at radius 3 is 2.63 bits per heavy atom. The Kier molecular flexibility index (Phi) is 5.76. The zero-order valence-electron chi connectivity index (χ0n) is 16.2. The number of nitrogens with zero attached hydrogens (tertiary/aromatic N) is 3. The van der Waals surface area contributed by atoms with Crippen molar-refractivity contribution in [2.75, 3.05) is 31.2 Å². The van der Waals surface area contributed by atoms with Gasteiger partial charge < -0.3 is 19.7 Å². The van der Waals surface area contributed by atoms with E-state index in [1.807, 2.05) is 6.92 Å². The number of alkyl carbamates (subject to hydrolysis) is 1. The van der Waals surface area contributed by atoms with E-state index in [-0.39, 0.29) is 18.2 Å². The predicted molar refractivity (Wildman–Crippen MR) is 102 cm³/mol. The number of rotatable bonds is 3. The first-order valence-electron chi connectivity index (χ1n) is 10.4. The molecule has 2 aliphatic heterocycles. The van der Waals surface area contributed by atoms with E-state index in [0.717, 1.165) is 63.3 Å². The number of nitrogens with one attached hydrogen (secondary N) is 1. The summed E-state index contributed by atoms with van der Waals surface area (Å²) in [5.41, 5.74) is 2.58. The molecular weight excluding hydrogens is 344 g/mol. The Balaban J connectivity index is 1.31. The fourth-order valence-corrected chi connectivity index (χ4v) is 4.34. The molecule has 1 N–H and O–H groups in total. The van der Waals surface area contributed by atoms with Crippen molar-refractivity contribution in [2.24, 2.45) is 0 Å². The summed E-state index contributed by atoms with van der Waals surface area (Å²) in [5.74, 6) is 1.99. The molecule has 2 fully saturated rings. The molecule has 0 atom stereocenters. The second-order valence-corrected chi connectivity index (χ2v) is 7.85. The molecule has 1 aromatic heterocycles. The average molecular weight is 374 g/mol. The minimum Gasteiger partial charge on any atom is -0.446 e. The van der Waals surface area contributed by atoms with Gasteiger partial charge in [-0.3, -0.25) is 0 Å². The first-order chi connectivity index (χ1) is 13.2. The third kappa shape index (κ3) is 4.51. The van der Waals surface area contributed by atoms with E-state index in [1.54, 1.807) is 0 Å². The fourth-order valence-electron chi connectivity index (χ4n) is 4.34. The average Bonchev–Trinajstić information content (AvgIpc) is 2.68. The topological polar surface area (TPSA) is 76.6 Å². The zero-order chi connectivity index (χ0) is 18.6. The number of aromatic nitrogens is 2. The Labute approximate surface area is 160 Å². The standard InChI is InChI=1S/C20H30N4O3/c1-14-21-18-5-3-2-4-17(18)19(22-14)24-10-6-15(7-11-24)23-20(25)27-16-8-12-26-13-9-16/h15-16H,2-13H2,1H3,(H,23,25). The van der Waals surface area contributed by atoms with Gasteiger partial charge >= 0.3 is 6.09 Å². The summed E-state index contributed by atoms with van der Waals surface area (Å²) in [5, 5.41) is 3.05. The van der Waals surface area contributed by atoms with Crippen molar-refractivity contribution >= 4 is 11.9 Å². The van der Waals surface area contributed by atoms with Crippen molar-refractivity contribution < 1.29 is 14.3 Å². The van der Waals surface area contributed by atoms with E-state index in [2.05, 4.69) is 15.2 Å². The normalized spacial score (nSPS) is 21.6. The highest BCUT2D eigenvalue weighted by molar-refractivity contribution is 5.68. The monoisotopic (exact) mass is 374 g/mol. The number of carbonyl (C=O) groups excluding carboxylic acids is 1. The number of aryl methyl sites for hydroxylation is 2. The smallest absolute Gasteiger partial charge is 0.407 e. The number of anilines is 1. The lowest BCUT2D eigenvalue weighted by molar-refractivity contribution is 0.000594. The fraction of sp³-hybridized carbons (Fsp3) is 0.750. The Bertz CT molecular complexity index is 667. The van der Waals surface area contributed by atoms with Gasteiger partial charge in [-0.25, -0.2) is 14.8 Å². The van der Waals surface area contributed by atoms with Crippen LogP contribution in [0.5, 0.6) is 0 Å². The van der Waals surface area contributed by atoms with Crippen molar-refractivity contribution in [1.82, 2.24) is 15.3 Å². The molecule has 7 nitrogen and oxygen atoms in total. The minimum absolute atomic E-state index is 0.00523. The van der Waals surface area contributed by atoms with Crippen LogP contribution in [-0.2, 0) is 22.3 Å². The van der Waals surface area contributed by atoms with E-state index in [1.165, 1.54) is 24.1 Å². The molecule has 0 aromatic carbocycles. The number of hydrogen-bond donors (Lipinski definition) is 1. The molecular formula is C20H30N4O3. The lowest BCUT2D eigenvalue weighted by Crippen LogP contribution is -2.46. The van der Waals surface area contributed by atoms with Crippen LogP contribution >= 0.6 is 0 Å². The van der Waals surface area contributed by atoms with E-state index < -0.39 is 0 Å². The number of fused-ring (bicyclic) bond motifs is 1. The van der Waals surface area contributed by atoms with Crippen LogP contribution in [0.3, 0.4) is 0 Å². The molecule has 1 aromatic rings. The van der Waals surface area contributed by atoms with E-state index >= 15 is 0 Å². The van der Waals surface area contributed by atoms with Gasteiger partial charge in [0.05, 0.1) is 13.2 Å². The molecule has 4 rings (SSSR count). The van der Waals surface area contributed by atoms with Crippen molar-refractivity contribution in [3.05, 3.63) is 17.1 Å². The zero-order valence-corrected chi connectivity index (χ0v) is 16.2. The third-order valence-electron chi connectivity index (χ3n) is 5.83. The molecule has 7 heteroatoms. The summed E-state index contributed by atoms with van der Waals surface area (Å²) in [6.45, 7) is 5.16. The number of piperidine rings is 1. The first kappa shape index (κ1) is 18.5. The molecule has 0 saturated carbocycles. The SMILES string of the molecule is Cc1nc2c(c(N3CCC(NC(=O)OC4CCOCC4)CC3)n1)CCCC2. The highest BCUT2D eigenvalue weighted by Gasteiger charge is 2.27. The maximum absolute atomic E-state index is 12.2. The quantitative estimate of drug-likeness (QED) is 0.876. The van der Waals surface area contributed by atoms with Gasteiger partial charge in [0, 0.05) is 43.2 Å². The molecule has 3 heterocycles. The summed E-state index contributed by atoms with van der Waals surface area (Å²) in [6.07, 6.45) is 7.75. The largest absolute Gasteiger partial charge is 0.446 e. The van der Waals surface area contributed by atoms with Crippen LogP contribution in [-0.4, -0.2) is 54.5 Å². The minimum atomic E-state index is -0.282. The van der Waals surface area contributed by atoms with Gasteiger partial charge in [0.15, 0.2) is 0 Å². The summed E-state index contributed by atoms with van der Waals surface area (Å²) in [6, 6.07) is 0.173. The van der Waals surface area contributed by atoms with E-state index in [0.29, 0.717) is 13.2 Å². The molecule has 1 aliphatic carbocycles.